The van der Waals surface area contributed by atoms with Crippen molar-refractivity contribution in [2.75, 3.05) is 26.2 Å². The molecule has 1 fully saturated rings. The van der Waals surface area contributed by atoms with Gasteiger partial charge in [-0.05, 0) is 42.0 Å². The van der Waals surface area contributed by atoms with Crippen molar-refractivity contribution in [2.45, 2.75) is 20.4 Å². The van der Waals surface area contributed by atoms with Crippen LogP contribution >= 0.6 is 0 Å². The van der Waals surface area contributed by atoms with Crippen LogP contribution < -0.4 is 5.32 Å². The number of nitrogens with zero attached hydrogens (tertiary/aromatic N) is 4. The number of nitriles is 1. The van der Waals surface area contributed by atoms with Crippen LogP contribution in [0.3, 0.4) is 0 Å². The lowest BCUT2D eigenvalue weighted by Crippen LogP contribution is -2.42. The first kappa shape index (κ1) is 21.4. The number of nitrogens with one attached hydrogen (secondary N) is 1. The van der Waals surface area contributed by atoms with Crippen LogP contribution in [0.5, 0.6) is 0 Å². The molecule has 0 saturated carbocycles. The fraction of sp³-hybridized carbons (Fsp3) is 0.286. The Labute approximate surface area is 195 Å². The van der Waals surface area contributed by atoms with E-state index in [0.717, 1.165) is 60.4 Å². The second kappa shape index (κ2) is 8.82. The SMILES string of the molecule is Cc1cc(CN2CCNCC2)cc(C)c1-c1ncn(C)c1-c1ccc(C#N)c2ccccc12. The minimum atomic E-state index is 0.697. The van der Waals surface area contributed by atoms with Crippen molar-refractivity contribution in [3.8, 4) is 28.6 Å². The molecule has 1 aromatic heterocycles. The third kappa shape index (κ3) is 3.93. The highest BCUT2D eigenvalue weighted by atomic mass is 15.2. The van der Waals surface area contributed by atoms with Gasteiger partial charge in [-0.25, -0.2) is 4.98 Å². The Bertz CT molecular complexity index is 1350. The zero-order valence-electron chi connectivity index (χ0n) is 19.5. The van der Waals surface area contributed by atoms with Crippen molar-refractivity contribution < 1.29 is 0 Å². The predicted molar refractivity (Wildman–Crippen MR) is 134 cm³/mol. The lowest BCUT2D eigenvalue weighted by Gasteiger charge is -2.27. The molecule has 0 bridgehead atoms. The molecule has 166 valence electrons. The van der Waals surface area contributed by atoms with E-state index >= 15 is 0 Å². The van der Waals surface area contributed by atoms with Crippen molar-refractivity contribution in [1.29, 1.82) is 5.26 Å². The number of imidazole rings is 1. The molecule has 2 heterocycles. The summed E-state index contributed by atoms with van der Waals surface area (Å²) in [6.45, 7) is 9.68. The Morgan fingerprint density at radius 1 is 1.00 bits per heavy atom. The van der Waals surface area contributed by atoms with E-state index in [9.17, 15) is 5.26 Å². The quantitative estimate of drug-likeness (QED) is 0.500. The highest BCUT2D eigenvalue weighted by Gasteiger charge is 2.20. The maximum absolute atomic E-state index is 9.59. The van der Waals surface area contributed by atoms with Gasteiger partial charge in [-0.15, -0.1) is 0 Å². The Kier molecular flexibility index (Phi) is 5.72. The highest BCUT2D eigenvalue weighted by Crippen LogP contribution is 2.39. The molecule has 1 saturated heterocycles. The number of hydrogen-bond donors (Lipinski definition) is 1. The number of fused-ring (bicyclic) bond motifs is 1. The summed E-state index contributed by atoms with van der Waals surface area (Å²) in [5.41, 5.74) is 8.93. The van der Waals surface area contributed by atoms with E-state index in [0.29, 0.717) is 5.56 Å². The lowest BCUT2D eigenvalue weighted by atomic mass is 9.92. The van der Waals surface area contributed by atoms with Crippen molar-refractivity contribution in [3.63, 3.8) is 0 Å². The van der Waals surface area contributed by atoms with Gasteiger partial charge >= 0.3 is 0 Å². The zero-order valence-corrected chi connectivity index (χ0v) is 19.5. The number of rotatable bonds is 4. The summed E-state index contributed by atoms with van der Waals surface area (Å²) >= 11 is 0. The molecule has 0 aliphatic carbocycles. The number of hydrogen-bond acceptors (Lipinski definition) is 4. The Morgan fingerprint density at radius 2 is 1.70 bits per heavy atom. The molecule has 0 spiro atoms. The summed E-state index contributed by atoms with van der Waals surface area (Å²) in [5.74, 6) is 0. The predicted octanol–water partition coefficient (Wildman–Crippen LogP) is 4.80. The third-order valence-electron chi connectivity index (χ3n) is 6.68. The minimum absolute atomic E-state index is 0.697. The first-order valence-corrected chi connectivity index (χ1v) is 11.5. The first-order chi connectivity index (χ1) is 16.1. The van der Waals surface area contributed by atoms with E-state index in [1.54, 1.807) is 0 Å². The summed E-state index contributed by atoms with van der Waals surface area (Å²) in [5, 5.41) is 15.1. The summed E-state index contributed by atoms with van der Waals surface area (Å²) in [6.07, 6.45) is 1.89. The molecule has 1 aliphatic heterocycles. The number of aryl methyl sites for hydroxylation is 3. The summed E-state index contributed by atoms with van der Waals surface area (Å²) in [7, 11) is 2.04. The van der Waals surface area contributed by atoms with Crippen LogP contribution in [0.4, 0.5) is 0 Å². The van der Waals surface area contributed by atoms with Crippen LogP contribution in [0.15, 0.2) is 54.9 Å². The van der Waals surface area contributed by atoms with E-state index in [1.807, 2.05) is 37.6 Å². The van der Waals surface area contributed by atoms with E-state index in [2.05, 4.69) is 59.0 Å². The van der Waals surface area contributed by atoms with Crippen molar-refractivity contribution >= 4 is 10.8 Å². The van der Waals surface area contributed by atoms with Gasteiger partial charge in [0.25, 0.3) is 0 Å². The molecule has 1 N–H and O–H groups in total. The van der Waals surface area contributed by atoms with Gasteiger partial charge in [-0.2, -0.15) is 5.26 Å². The maximum atomic E-state index is 9.59. The molecule has 0 unspecified atom stereocenters. The van der Waals surface area contributed by atoms with E-state index in [-0.39, 0.29) is 0 Å². The number of benzene rings is 3. The van der Waals surface area contributed by atoms with Gasteiger partial charge in [0, 0.05) is 56.3 Å². The van der Waals surface area contributed by atoms with Crippen LogP contribution in [0.1, 0.15) is 22.3 Å². The van der Waals surface area contributed by atoms with E-state index in [1.165, 1.54) is 22.3 Å². The van der Waals surface area contributed by atoms with Gasteiger partial charge in [0.1, 0.15) is 0 Å². The summed E-state index contributed by atoms with van der Waals surface area (Å²) in [4.78, 5) is 7.37. The fourth-order valence-corrected chi connectivity index (χ4v) is 5.18. The summed E-state index contributed by atoms with van der Waals surface area (Å²) < 4.78 is 2.09. The molecular weight excluding hydrogens is 406 g/mol. The van der Waals surface area contributed by atoms with Crippen LogP contribution in [0.25, 0.3) is 33.3 Å². The van der Waals surface area contributed by atoms with Crippen LogP contribution in [0, 0.1) is 25.2 Å². The van der Waals surface area contributed by atoms with E-state index < -0.39 is 0 Å². The largest absolute Gasteiger partial charge is 0.333 e. The Morgan fingerprint density at radius 3 is 2.39 bits per heavy atom. The number of piperazine rings is 1. The smallest absolute Gasteiger partial charge is 0.0998 e. The molecular formula is C28H29N5. The minimum Gasteiger partial charge on any atom is -0.333 e. The molecule has 4 aromatic rings. The van der Waals surface area contributed by atoms with Gasteiger partial charge in [0.15, 0.2) is 0 Å². The Hall–Kier alpha value is -3.46. The van der Waals surface area contributed by atoms with Crippen molar-refractivity contribution in [1.82, 2.24) is 19.8 Å². The molecule has 5 heteroatoms. The van der Waals surface area contributed by atoms with Gasteiger partial charge in [-0.1, -0.05) is 42.5 Å². The van der Waals surface area contributed by atoms with Gasteiger partial charge < -0.3 is 9.88 Å². The van der Waals surface area contributed by atoms with Crippen LogP contribution in [-0.4, -0.2) is 40.6 Å². The van der Waals surface area contributed by atoms with Gasteiger partial charge in [0.2, 0.25) is 0 Å². The molecule has 1 aliphatic rings. The first-order valence-electron chi connectivity index (χ1n) is 11.5. The molecule has 5 rings (SSSR count). The number of aromatic nitrogens is 2. The molecule has 33 heavy (non-hydrogen) atoms. The topological polar surface area (TPSA) is 56.9 Å². The highest BCUT2D eigenvalue weighted by molar-refractivity contribution is 6.01. The molecule has 0 radical (unpaired) electrons. The second-order valence-electron chi connectivity index (χ2n) is 9.00. The maximum Gasteiger partial charge on any atom is 0.0998 e. The average Bonchev–Trinajstić information content (AvgIpc) is 3.19. The molecule has 3 aromatic carbocycles. The standard InChI is InChI=1S/C28H29N5/c1-19-14-21(17-33-12-10-30-11-13-33)15-20(2)26(19)27-28(32(3)18-31-27)25-9-8-22(16-29)23-6-4-5-7-24(23)25/h4-9,14-15,18,30H,10-13,17H2,1-3H3. The normalized spacial score (nSPS) is 14.5. The van der Waals surface area contributed by atoms with E-state index in [4.69, 9.17) is 4.98 Å². The third-order valence-corrected chi connectivity index (χ3v) is 6.68. The molecule has 0 atom stereocenters. The zero-order chi connectivity index (χ0) is 22.9. The fourth-order valence-electron chi connectivity index (χ4n) is 5.18. The summed E-state index contributed by atoms with van der Waals surface area (Å²) in [6, 6.07) is 19.1. The molecule has 0 amide bonds. The average molecular weight is 436 g/mol. The second-order valence-corrected chi connectivity index (χ2v) is 9.00. The van der Waals surface area contributed by atoms with Gasteiger partial charge in [-0.3, -0.25) is 4.90 Å². The van der Waals surface area contributed by atoms with Crippen molar-refractivity contribution in [3.05, 3.63) is 77.1 Å². The monoisotopic (exact) mass is 435 g/mol. The van der Waals surface area contributed by atoms with Crippen molar-refractivity contribution in [2.24, 2.45) is 7.05 Å². The van der Waals surface area contributed by atoms with Crippen LogP contribution in [0.2, 0.25) is 0 Å². The van der Waals surface area contributed by atoms with Gasteiger partial charge in [0.05, 0.1) is 29.3 Å². The lowest BCUT2D eigenvalue weighted by molar-refractivity contribution is 0.233. The Balaban J connectivity index is 1.61. The van der Waals surface area contributed by atoms with Crippen LogP contribution in [-0.2, 0) is 13.6 Å². The molecule has 5 nitrogen and oxygen atoms in total.